The quantitative estimate of drug-likeness (QED) is 0.272. The van der Waals surface area contributed by atoms with E-state index in [-0.39, 0.29) is 34.6 Å². The summed E-state index contributed by atoms with van der Waals surface area (Å²) in [5.41, 5.74) is -0.524. The maximum absolute atomic E-state index is 13.8. The molecule has 6 rings (SSSR count). The van der Waals surface area contributed by atoms with Gasteiger partial charge >= 0.3 is 6.18 Å². The summed E-state index contributed by atoms with van der Waals surface area (Å²) in [6.07, 6.45) is 1.42. The standard InChI is InChI=1S/C27H26ClF3N8O3/c1-36-23-22(28)21(42-20-15-33-39-8-3-2-5-19(20)39)14-32-24(23)35-26(36)34-18-13-17(27(29,30)31)16-38(25(18)40)7-4-6-37-9-11-41-12-10-37/h2-3,5,8,13-16H,4,6-7,9-12H2,1H3,(H,32,34,35). The lowest BCUT2D eigenvalue weighted by Crippen LogP contribution is -2.37. The highest BCUT2D eigenvalue weighted by atomic mass is 35.5. The average molecular weight is 603 g/mol. The van der Waals surface area contributed by atoms with E-state index in [0.29, 0.717) is 43.0 Å². The Morgan fingerprint density at radius 2 is 1.95 bits per heavy atom. The lowest BCUT2D eigenvalue weighted by Gasteiger charge is -2.26. The fourth-order valence-electron chi connectivity index (χ4n) is 4.86. The first-order valence-electron chi connectivity index (χ1n) is 13.2. The number of aryl methyl sites for hydroxylation is 2. The zero-order valence-corrected chi connectivity index (χ0v) is 23.2. The monoisotopic (exact) mass is 602 g/mol. The fraction of sp³-hybridized carbons (Fsp3) is 0.333. The topological polar surface area (TPSA) is 104 Å². The number of pyridine rings is 3. The maximum atomic E-state index is 13.8. The molecule has 42 heavy (non-hydrogen) atoms. The van der Waals surface area contributed by atoms with Crippen molar-refractivity contribution in [3.63, 3.8) is 0 Å². The molecule has 15 heteroatoms. The van der Waals surface area contributed by atoms with Crippen molar-refractivity contribution < 1.29 is 22.6 Å². The van der Waals surface area contributed by atoms with Crippen LogP contribution in [0, 0.1) is 0 Å². The van der Waals surface area contributed by atoms with Crippen molar-refractivity contribution in [2.45, 2.75) is 19.1 Å². The molecule has 5 aromatic rings. The van der Waals surface area contributed by atoms with E-state index in [1.807, 2.05) is 18.2 Å². The van der Waals surface area contributed by atoms with Gasteiger partial charge < -0.3 is 23.9 Å². The van der Waals surface area contributed by atoms with Crippen LogP contribution in [0.3, 0.4) is 0 Å². The Hall–Kier alpha value is -4.14. The molecule has 0 saturated carbocycles. The molecule has 0 unspecified atom stereocenters. The number of ether oxygens (including phenoxy) is 2. The van der Waals surface area contributed by atoms with Gasteiger partial charge in [-0.3, -0.25) is 9.69 Å². The Labute approximate surface area is 242 Å². The number of anilines is 2. The number of nitrogens with zero attached hydrogens (tertiary/aromatic N) is 7. The summed E-state index contributed by atoms with van der Waals surface area (Å²) >= 11 is 6.69. The minimum absolute atomic E-state index is 0.0869. The highest BCUT2D eigenvalue weighted by molar-refractivity contribution is 6.36. The number of halogens is 4. The largest absolute Gasteiger partial charge is 0.450 e. The normalized spacial score (nSPS) is 14.6. The second-order valence-electron chi connectivity index (χ2n) is 9.82. The molecule has 220 valence electrons. The van der Waals surface area contributed by atoms with Crippen molar-refractivity contribution in [1.82, 2.24) is 33.6 Å². The summed E-state index contributed by atoms with van der Waals surface area (Å²) < 4.78 is 57.0. The summed E-state index contributed by atoms with van der Waals surface area (Å²) in [6, 6.07) is 6.30. The van der Waals surface area contributed by atoms with Gasteiger partial charge in [-0.1, -0.05) is 17.7 Å². The van der Waals surface area contributed by atoms with Gasteiger partial charge in [-0.2, -0.15) is 23.3 Å². The van der Waals surface area contributed by atoms with Crippen LogP contribution in [0.2, 0.25) is 5.02 Å². The Kier molecular flexibility index (Phi) is 7.51. The predicted octanol–water partition coefficient (Wildman–Crippen LogP) is 4.71. The number of alkyl halides is 3. The minimum atomic E-state index is -4.66. The van der Waals surface area contributed by atoms with Gasteiger partial charge in [0, 0.05) is 45.6 Å². The van der Waals surface area contributed by atoms with Crippen LogP contribution in [0.5, 0.6) is 11.5 Å². The number of hydrogen-bond acceptors (Lipinski definition) is 8. The molecule has 11 nitrogen and oxygen atoms in total. The lowest BCUT2D eigenvalue weighted by atomic mass is 10.2. The molecule has 0 bridgehead atoms. The van der Waals surface area contributed by atoms with Crippen LogP contribution in [-0.2, 0) is 24.5 Å². The molecule has 0 aliphatic carbocycles. The molecule has 1 aliphatic heterocycles. The van der Waals surface area contributed by atoms with Crippen LogP contribution >= 0.6 is 11.6 Å². The Morgan fingerprint density at radius 3 is 2.74 bits per heavy atom. The fourth-order valence-corrected chi connectivity index (χ4v) is 5.16. The SMILES string of the molecule is Cn1c(Nc2cc(C(F)(F)F)cn(CCCN3CCOCC3)c2=O)nc2ncc(Oc3cnn4ccccc34)c(Cl)c21. The Bertz CT molecular complexity index is 1810. The Balaban J connectivity index is 1.29. The van der Waals surface area contributed by atoms with Crippen molar-refractivity contribution in [3.8, 4) is 11.5 Å². The molecule has 6 heterocycles. The molecule has 1 N–H and O–H groups in total. The first kappa shape index (κ1) is 28.0. The van der Waals surface area contributed by atoms with Gasteiger partial charge in [0.1, 0.15) is 21.7 Å². The number of nitrogens with one attached hydrogen (secondary N) is 1. The van der Waals surface area contributed by atoms with Crippen molar-refractivity contribution in [2.24, 2.45) is 7.05 Å². The molecular formula is C27H26ClF3N8O3. The summed E-state index contributed by atoms with van der Waals surface area (Å²) in [6.45, 7) is 3.49. The molecule has 0 radical (unpaired) electrons. The van der Waals surface area contributed by atoms with E-state index >= 15 is 0 Å². The van der Waals surface area contributed by atoms with Gasteiger partial charge in [0.05, 0.1) is 31.2 Å². The smallest absolute Gasteiger partial charge is 0.417 e. The lowest BCUT2D eigenvalue weighted by molar-refractivity contribution is -0.138. The van der Waals surface area contributed by atoms with Gasteiger partial charge in [-0.05, 0) is 24.6 Å². The molecule has 0 amide bonds. The zero-order chi connectivity index (χ0) is 29.4. The third-order valence-electron chi connectivity index (χ3n) is 7.05. The van der Waals surface area contributed by atoms with Crippen molar-refractivity contribution in [3.05, 3.63) is 70.0 Å². The highest BCUT2D eigenvalue weighted by Gasteiger charge is 2.32. The number of morpholine rings is 1. The van der Waals surface area contributed by atoms with E-state index < -0.39 is 17.3 Å². The van der Waals surface area contributed by atoms with Gasteiger partial charge in [0.15, 0.2) is 17.1 Å². The summed E-state index contributed by atoms with van der Waals surface area (Å²) in [4.78, 5) is 24.1. The number of fused-ring (bicyclic) bond motifs is 2. The first-order chi connectivity index (χ1) is 20.2. The van der Waals surface area contributed by atoms with Gasteiger partial charge in [0.25, 0.3) is 5.56 Å². The third-order valence-corrected chi connectivity index (χ3v) is 7.42. The predicted molar refractivity (Wildman–Crippen MR) is 150 cm³/mol. The third kappa shape index (κ3) is 5.52. The number of rotatable bonds is 8. The van der Waals surface area contributed by atoms with Crippen molar-refractivity contribution >= 4 is 39.9 Å². The van der Waals surface area contributed by atoms with Crippen LogP contribution in [0.15, 0.2) is 53.8 Å². The van der Waals surface area contributed by atoms with Crippen LogP contribution in [0.4, 0.5) is 24.8 Å². The number of hydrogen-bond donors (Lipinski definition) is 1. The average Bonchev–Trinajstić information content (AvgIpc) is 3.52. The number of aromatic nitrogens is 6. The van der Waals surface area contributed by atoms with Crippen LogP contribution < -0.4 is 15.6 Å². The molecule has 5 aromatic heterocycles. The molecule has 1 fully saturated rings. The van der Waals surface area contributed by atoms with E-state index in [0.717, 1.165) is 29.9 Å². The van der Waals surface area contributed by atoms with Crippen molar-refractivity contribution in [1.29, 1.82) is 0 Å². The van der Waals surface area contributed by atoms with Crippen LogP contribution in [0.1, 0.15) is 12.0 Å². The van der Waals surface area contributed by atoms with Crippen LogP contribution in [0.25, 0.3) is 16.7 Å². The van der Waals surface area contributed by atoms with Crippen molar-refractivity contribution in [2.75, 3.05) is 38.2 Å². The molecule has 1 saturated heterocycles. The summed E-state index contributed by atoms with van der Waals surface area (Å²) in [5.74, 6) is 0.778. The van der Waals surface area contributed by atoms with E-state index in [9.17, 15) is 18.0 Å². The van der Waals surface area contributed by atoms with E-state index in [1.54, 1.807) is 24.0 Å². The maximum Gasteiger partial charge on any atom is 0.417 e. The molecular weight excluding hydrogens is 577 g/mol. The number of imidazole rings is 1. The van der Waals surface area contributed by atoms with E-state index in [1.165, 1.54) is 10.8 Å². The molecule has 0 atom stereocenters. The highest BCUT2D eigenvalue weighted by Crippen LogP contribution is 2.37. The molecule has 1 aliphatic rings. The van der Waals surface area contributed by atoms with Gasteiger partial charge in [-0.15, -0.1) is 0 Å². The van der Waals surface area contributed by atoms with Gasteiger partial charge in [-0.25, -0.2) is 9.50 Å². The molecule has 0 spiro atoms. The molecule has 0 aromatic carbocycles. The summed E-state index contributed by atoms with van der Waals surface area (Å²) in [5, 5.41) is 7.20. The van der Waals surface area contributed by atoms with E-state index in [4.69, 9.17) is 21.1 Å². The zero-order valence-electron chi connectivity index (χ0n) is 22.4. The van der Waals surface area contributed by atoms with E-state index in [2.05, 4.69) is 25.3 Å². The minimum Gasteiger partial charge on any atom is -0.450 e. The van der Waals surface area contributed by atoms with Gasteiger partial charge in [0.2, 0.25) is 5.95 Å². The first-order valence-corrected chi connectivity index (χ1v) is 13.6. The second-order valence-corrected chi connectivity index (χ2v) is 10.2. The van der Waals surface area contributed by atoms with Crippen LogP contribution in [-0.4, -0.2) is 66.5 Å². The second kappa shape index (κ2) is 11.3. The summed E-state index contributed by atoms with van der Waals surface area (Å²) in [7, 11) is 1.61. The Morgan fingerprint density at radius 1 is 1.14 bits per heavy atom.